The van der Waals surface area contributed by atoms with Gasteiger partial charge in [0.15, 0.2) is 5.69 Å². The number of fused-ring (bicyclic) bond motifs is 1. The maximum atomic E-state index is 13.8. The number of alkyl halides is 3. The number of halogens is 5. The van der Waals surface area contributed by atoms with Crippen LogP contribution in [-0.4, -0.2) is 20.0 Å². The molecule has 0 atom stereocenters. The fourth-order valence-electron chi connectivity index (χ4n) is 2.53. The van der Waals surface area contributed by atoms with Crippen molar-refractivity contribution in [2.45, 2.75) is 17.2 Å². The lowest BCUT2D eigenvalue weighted by molar-refractivity contribution is -0.140. The third-order valence-electron chi connectivity index (χ3n) is 3.80. The molecule has 0 saturated heterocycles. The van der Waals surface area contributed by atoms with Crippen LogP contribution in [0.15, 0.2) is 33.9 Å². The molecule has 146 valence electrons. The van der Waals surface area contributed by atoms with Crippen LogP contribution in [-0.2, 0) is 19.0 Å². The van der Waals surface area contributed by atoms with E-state index in [-0.39, 0.29) is 27.3 Å². The van der Waals surface area contributed by atoms with E-state index < -0.39 is 17.7 Å². The van der Waals surface area contributed by atoms with Gasteiger partial charge in [-0.05, 0) is 18.2 Å². The standard InChI is InChI=1S/C16H9ClF4N4OS2/c1-25-14-7(12(24-25)16(19,20)21)5-11(28-14)13-22-23-15(26-13)27-6-8-9(17)3-2-4-10(8)18/h2-5H,6H2,1H3. The Morgan fingerprint density at radius 1 is 1.29 bits per heavy atom. The molecule has 5 nitrogen and oxygen atoms in total. The molecule has 0 N–H and O–H groups in total. The van der Waals surface area contributed by atoms with Crippen LogP contribution in [0.2, 0.25) is 5.02 Å². The monoisotopic (exact) mass is 448 g/mol. The second kappa shape index (κ2) is 7.05. The third kappa shape index (κ3) is 3.49. The maximum absolute atomic E-state index is 13.8. The highest BCUT2D eigenvalue weighted by atomic mass is 35.5. The number of hydrogen-bond donors (Lipinski definition) is 0. The van der Waals surface area contributed by atoms with Gasteiger partial charge in [0, 0.05) is 28.8 Å². The summed E-state index contributed by atoms with van der Waals surface area (Å²) in [5.41, 5.74) is -0.660. The minimum absolute atomic E-state index is 0.0273. The summed E-state index contributed by atoms with van der Waals surface area (Å²) in [5.74, 6) is -0.199. The Morgan fingerprint density at radius 3 is 2.79 bits per heavy atom. The molecule has 0 aliphatic carbocycles. The zero-order valence-electron chi connectivity index (χ0n) is 13.9. The number of benzene rings is 1. The number of aromatic nitrogens is 4. The average molecular weight is 449 g/mol. The summed E-state index contributed by atoms with van der Waals surface area (Å²) in [5, 5.41) is 11.7. The molecule has 0 spiro atoms. The number of hydrogen-bond acceptors (Lipinski definition) is 6. The normalized spacial score (nSPS) is 12.2. The summed E-state index contributed by atoms with van der Waals surface area (Å²) in [7, 11) is 1.44. The van der Waals surface area contributed by atoms with E-state index in [2.05, 4.69) is 15.3 Å². The quantitative estimate of drug-likeness (QED) is 0.292. The molecular weight excluding hydrogens is 440 g/mol. The predicted molar refractivity (Wildman–Crippen MR) is 97.9 cm³/mol. The smallest absolute Gasteiger partial charge is 0.410 e. The molecule has 28 heavy (non-hydrogen) atoms. The first-order chi connectivity index (χ1) is 13.2. The number of nitrogens with zero attached hydrogens (tertiary/aromatic N) is 4. The van der Waals surface area contributed by atoms with Crippen molar-refractivity contribution in [3.8, 4) is 10.8 Å². The average Bonchev–Trinajstić information content (AvgIpc) is 3.30. The molecule has 3 heterocycles. The SMILES string of the molecule is Cn1nc(C(F)(F)F)c2cc(-c3nnc(SCc4c(F)cccc4Cl)o3)sc21. The minimum Gasteiger partial charge on any atom is -0.410 e. The fourth-order valence-corrected chi connectivity index (χ4v) is 4.63. The van der Waals surface area contributed by atoms with E-state index in [0.717, 1.165) is 23.1 Å². The van der Waals surface area contributed by atoms with Crippen LogP contribution in [0.1, 0.15) is 11.3 Å². The topological polar surface area (TPSA) is 56.7 Å². The second-order valence-electron chi connectivity index (χ2n) is 5.66. The molecule has 0 bridgehead atoms. The Labute approximate surface area is 168 Å². The summed E-state index contributed by atoms with van der Waals surface area (Å²) in [6, 6.07) is 5.70. The zero-order chi connectivity index (χ0) is 20.1. The summed E-state index contributed by atoms with van der Waals surface area (Å²) in [6.07, 6.45) is -4.56. The first-order valence-corrected chi connectivity index (χ1v) is 9.85. The molecule has 0 fully saturated rings. The van der Waals surface area contributed by atoms with Crippen molar-refractivity contribution in [1.82, 2.24) is 20.0 Å². The van der Waals surface area contributed by atoms with E-state index in [1.807, 2.05) is 0 Å². The van der Waals surface area contributed by atoms with E-state index in [4.69, 9.17) is 16.0 Å². The molecule has 4 aromatic rings. The summed E-state index contributed by atoms with van der Waals surface area (Å²) >= 11 is 8.12. The lowest BCUT2D eigenvalue weighted by Gasteiger charge is -2.02. The third-order valence-corrected chi connectivity index (χ3v) is 6.19. The van der Waals surface area contributed by atoms with Gasteiger partial charge in [0.2, 0.25) is 0 Å². The van der Waals surface area contributed by atoms with Gasteiger partial charge in [-0.15, -0.1) is 21.5 Å². The lowest BCUT2D eigenvalue weighted by atomic mass is 10.2. The number of rotatable bonds is 4. The van der Waals surface area contributed by atoms with Gasteiger partial charge in [-0.25, -0.2) is 4.39 Å². The number of aryl methyl sites for hydroxylation is 1. The summed E-state index contributed by atoms with van der Waals surface area (Å²) < 4.78 is 59.8. The van der Waals surface area contributed by atoms with Crippen LogP contribution in [0.5, 0.6) is 0 Å². The molecule has 1 aromatic carbocycles. The van der Waals surface area contributed by atoms with Crippen molar-refractivity contribution in [2.75, 3.05) is 0 Å². The van der Waals surface area contributed by atoms with Crippen LogP contribution in [0.3, 0.4) is 0 Å². The van der Waals surface area contributed by atoms with Crippen molar-refractivity contribution >= 4 is 44.9 Å². The Balaban J connectivity index is 1.59. The Kier molecular flexibility index (Phi) is 4.84. The minimum atomic E-state index is -4.56. The molecule has 0 radical (unpaired) electrons. The van der Waals surface area contributed by atoms with Gasteiger partial charge in [0.25, 0.3) is 11.1 Å². The van der Waals surface area contributed by atoms with Crippen molar-refractivity contribution in [3.05, 3.63) is 46.4 Å². The number of thiophene rings is 1. The van der Waals surface area contributed by atoms with Gasteiger partial charge in [0.05, 0.1) is 4.88 Å². The van der Waals surface area contributed by atoms with Crippen molar-refractivity contribution in [3.63, 3.8) is 0 Å². The Hall–Kier alpha value is -2.11. The molecule has 0 unspecified atom stereocenters. The summed E-state index contributed by atoms with van der Waals surface area (Å²) in [6.45, 7) is 0. The van der Waals surface area contributed by atoms with Crippen molar-refractivity contribution in [1.29, 1.82) is 0 Å². The highest BCUT2D eigenvalue weighted by Crippen LogP contribution is 2.40. The highest BCUT2D eigenvalue weighted by Gasteiger charge is 2.37. The van der Waals surface area contributed by atoms with Crippen LogP contribution < -0.4 is 0 Å². The molecule has 12 heteroatoms. The zero-order valence-corrected chi connectivity index (χ0v) is 16.3. The van der Waals surface area contributed by atoms with E-state index in [9.17, 15) is 17.6 Å². The molecule has 3 aromatic heterocycles. The predicted octanol–water partition coefficient (Wildman–Crippen LogP) is 5.79. The van der Waals surface area contributed by atoms with Crippen molar-refractivity contribution in [2.24, 2.45) is 7.05 Å². The van der Waals surface area contributed by atoms with Crippen molar-refractivity contribution < 1.29 is 22.0 Å². The van der Waals surface area contributed by atoms with E-state index in [0.29, 0.717) is 15.3 Å². The Bertz CT molecular complexity index is 1150. The van der Waals surface area contributed by atoms with Crippen LogP contribution in [0, 0.1) is 5.82 Å². The van der Waals surface area contributed by atoms with Gasteiger partial charge in [-0.3, -0.25) is 4.68 Å². The molecule has 0 aliphatic heterocycles. The van der Waals surface area contributed by atoms with E-state index >= 15 is 0 Å². The number of thioether (sulfide) groups is 1. The fraction of sp³-hybridized carbons (Fsp3) is 0.188. The van der Waals surface area contributed by atoms with Crippen LogP contribution in [0.4, 0.5) is 17.6 Å². The van der Waals surface area contributed by atoms with Gasteiger partial charge in [0.1, 0.15) is 10.6 Å². The van der Waals surface area contributed by atoms with Crippen LogP contribution >= 0.6 is 34.7 Å². The molecule has 4 rings (SSSR count). The van der Waals surface area contributed by atoms with Gasteiger partial charge in [-0.1, -0.05) is 29.4 Å². The lowest BCUT2D eigenvalue weighted by Crippen LogP contribution is -2.07. The molecule has 0 amide bonds. The van der Waals surface area contributed by atoms with E-state index in [1.165, 1.54) is 29.9 Å². The van der Waals surface area contributed by atoms with E-state index in [1.54, 1.807) is 6.07 Å². The van der Waals surface area contributed by atoms with Gasteiger partial charge in [-0.2, -0.15) is 18.3 Å². The molecule has 0 aliphatic rings. The maximum Gasteiger partial charge on any atom is 0.435 e. The largest absolute Gasteiger partial charge is 0.435 e. The molecule has 0 saturated carbocycles. The van der Waals surface area contributed by atoms with Gasteiger partial charge < -0.3 is 4.42 Å². The molecular formula is C16H9ClF4N4OS2. The van der Waals surface area contributed by atoms with Gasteiger partial charge >= 0.3 is 6.18 Å². The first kappa shape index (κ1) is 19.2. The first-order valence-electron chi connectivity index (χ1n) is 7.67. The highest BCUT2D eigenvalue weighted by molar-refractivity contribution is 7.98. The second-order valence-corrected chi connectivity index (χ2v) is 8.03. The Morgan fingerprint density at radius 2 is 2.07 bits per heavy atom. The van der Waals surface area contributed by atoms with Crippen LogP contribution in [0.25, 0.3) is 21.0 Å². The summed E-state index contributed by atoms with van der Waals surface area (Å²) in [4.78, 5) is 0.727.